The first kappa shape index (κ1) is 21.4. The highest BCUT2D eigenvalue weighted by Crippen LogP contribution is 2.19. The molecular weight excluding hydrogens is 338 g/mol. The van der Waals surface area contributed by atoms with Gasteiger partial charge in [0.1, 0.15) is 5.60 Å². The number of benzene rings is 1. The number of ether oxygens (including phenoxy) is 1. The molecule has 0 fully saturated rings. The van der Waals surface area contributed by atoms with Crippen LogP contribution >= 0.6 is 0 Å². The van der Waals surface area contributed by atoms with E-state index in [2.05, 4.69) is 11.3 Å². The Hall–Kier alpha value is -1.66. The zero-order chi connectivity index (χ0) is 19.4. The van der Waals surface area contributed by atoms with Crippen molar-refractivity contribution in [2.45, 2.75) is 64.5 Å². The van der Waals surface area contributed by atoms with Gasteiger partial charge in [0.15, 0.2) is 0 Å². The maximum atomic E-state index is 12.6. The highest BCUT2D eigenvalue weighted by molar-refractivity contribution is 7.89. The summed E-state index contributed by atoms with van der Waals surface area (Å²) in [6.45, 7) is 14.8. The number of nitrogens with one attached hydrogen (secondary N) is 1. The number of sulfonamides is 1. The summed E-state index contributed by atoms with van der Waals surface area (Å²) in [7, 11) is -3.76. The molecule has 0 aliphatic carbocycles. The summed E-state index contributed by atoms with van der Waals surface area (Å²) in [5, 5.41) is 0. The smallest absolute Gasteiger partial charge is 0.335 e. The molecule has 25 heavy (non-hydrogen) atoms. The monoisotopic (exact) mass is 367 g/mol. The lowest BCUT2D eigenvalue weighted by molar-refractivity contribution is -0.150. The summed E-state index contributed by atoms with van der Waals surface area (Å²) in [4.78, 5) is 12.4. The third-order valence-corrected chi connectivity index (χ3v) is 4.91. The Balaban J connectivity index is 3.04. The molecule has 0 bridgehead atoms. The molecule has 0 saturated carbocycles. The van der Waals surface area contributed by atoms with Crippen LogP contribution in [0.4, 0.5) is 0 Å². The molecule has 0 aliphatic heterocycles. The number of carbonyl (C=O) groups excluding carboxylic acids is 1. The zero-order valence-corrected chi connectivity index (χ0v) is 16.7. The number of rotatable bonds is 7. The van der Waals surface area contributed by atoms with Gasteiger partial charge in [-0.3, -0.25) is 0 Å². The molecule has 0 heterocycles. The van der Waals surface area contributed by atoms with E-state index in [9.17, 15) is 13.2 Å². The van der Waals surface area contributed by atoms with Gasteiger partial charge in [-0.05, 0) is 52.2 Å². The van der Waals surface area contributed by atoms with Crippen LogP contribution in [-0.4, -0.2) is 26.0 Å². The van der Waals surface area contributed by atoms with Crippen molar-refractivity contribution in [3.63, 3.8) is 0 Å². The molecule has 5 nitrogen and oxygen atoms in total. The summed E-state index contributed by atoms with van der Waals surface area (Å²) in [5.74, 6) is -0.422. The molecule has 0 spiro atoms. The van der Waals surface area contributed by atoms with Crippen LogP contribution in [-0.2, 0) is 19.6 Å². The van der Waals surface area contributed by atoms with Crippen molar-refractivity contribution in [3.8, 4) is 0 Å². The highest BCUT2D eigenvalue weighted by Gasteiger charge is 2.29. The number of hydrogen-bond acceptors (Lipinski definition) is 4. The normalized spacial score (nSPS) is 13.6. The number of carbonyl (C=O) groups is 1. The Morgan fingerprint density at radius 1 is 1.20 bits per heavy atom. The minimum absolute atomic E-state index is 0.110. The predicted molar refractivity (Wildman–Crippen MR) is 99.7 cm³/mol. The van der Waals surface area contributed by atoms with Gasteiger partial charge in [-0.15, -0.1) is 0 Å². The van der Waals surface area contributed by atoms with Crippen molar-refractivity contribution < 1.29 is 17.9 Å². The van der Waals surface area contributed by atoms with Gasteiger partial charge < -0.3 is 4.74 Å². The second-order valence-electron chi connectivity index (χ2n) is 7.64. The molecule has 6 heteroatoms. The van der Waals surface area contributed by atoms with Gasteiger partial charge >= 0.3 is 5.97 Å². The van der Waals surface area contributed by atoms with Crippen LogP contribution in [0.1, 0.15) is 46.6 Å². The zero-order valence-electron chi connectivity index (χ0n) is 15.9. The summed E-state index contributed by atoms with van der Waals surface area (Å²) in [5.41, 5.74) is 0.410. The van der Waals surface area contributed by atoms with Crippen LogP contribution < -0.4 is 4.72 Å². The minimum Gasteiger partial charge on any atom is -0.457 e. The van der Waals surface area contributed by atoms with Crippen molar-refractivity contribution in [2.24, 2.45) is 5.92 Å². The van der Waals surface area contributed by atoms with E-state index in [0.717, 1.165) is 5.56 Å². The van der Waals surface area contributed by atoms with Gasteiger partial charge in [0, 0.05) is 5.57 Å². The third kappa shape index (κ3) is 7.00. The van der Waals surface area contributed by atoms with Crippen molar-refractivity contribution >= 4 is 16.0 Å². The molecule has 0 unspecified atom stereocenters. The molecule has 0 aliphatic rings. The van der Waals surface area contributed by atoms with Crippen molar-refractivity contribution in [3.05, 3.63) is 42.0 Å². The van der Waals surface area contributed by atoms with Gasteiger partial charge in [-0.25, -0.2) is 17.9 Å². The van der Waals surface area contributed by atoms with E-state index in [-0.39, 0.29) is 16.4 Å². The third-order valence-electron chi connectivity index (χ3n) is 3.42. The van der Waals surface area contributed by atoms with Gasteiger partial charge in [0.25, 0.3) is 0 Å². The van der Waals surface area contributed by atoms with Crippen LogP contribution in [0.25, 0.3) is 0 Å². The average molecular weight is 368 g/mol. The van der Waals surface area contributed by atoms with E-state index in [1.54, 1.807) is 45.0 Å². The summed E-state index contributed by atoms with van der Waals surface area (Å²) in [6, 6.07) is 5.82. The summed E-state index contributed by atoms with van der Waals surface area (Å²) < 4.78 is 33.2. The largest absolute Gasteiger partial charge is 0.457 e. The molecule has 140 valence electrons. The first-order valence-electron chi connectivity index (χ1n) is 8.33. The molecule has 0 saturated heterocycles. The van der Waals surface area contributed by atoms with Crippen LogP contribution in [0.2, 0.25) is 0 Å². The van der Waals surface area contributed by atoms with Crippen LogP contribution in [0.15, 0.2) is 41.3 Å². The molecule has 0 radical (unpaired) electrons. The molecule has 1 rings (SSSR count). The Morgan fingerprint density at radius 3 is 2.16 bits per heavy atom. The molecule has 1 N–H and O–H groups in total. The van der Waals surface area contributed by atoms with Crippen molar-refractivity contribution in [2.75, 3.05) is 0 Å². The maximum absolute atomic E-state index is 12.6. The summed E-state index contributed by atoms with van der Waals surface area (Å²) in [6.07, 6.45) is 0.448. The lowest BCUT2D eigenvalue weighted by Crippen LogP contribution is -2.40. The lowest BCUT2D eigenvalue weighted by atomic mass is 9.99. The Labute approximate surface area is 151 Å². The van der Waals surface area contributed by atoms with E-state index in [1.165, 1.54) is 0 Å². The van der Waals surface area contributed by atoms with Gasteiger partial charge in [-0.2, -0.15) is 0 Å². The molecule has 1 aromatic rings. The first-order chi connectivity index (χ1) is 11.3. The first-order valence-corrected chi connectivity index (χ1v) is 9.81. The molecular formula is C19H29NO4S. The highest BCUT2D eigenvalue weighted by atomic mass is 32.2. The Bertz CT molecular complexity index is 713. The summed E-state index contributed by atoms with van der Waals surface area (Å²) >= 11 is 0. The number of hydrogen-bond donors (Lipinski definition) is 1. The number of esters is 1. The minimum atomic E-state index is -3.76. The molecule has 0 amide bonds. The quantitative estimate of drug-likeness (QED) is 0.590. The fraction of sp³-hybridized carbons (Fsp3) is 0.526. The van der Waals surface area contributed by atoms with Crippen molar-refractivity contribution in [1.82, 2.24) is 4.72 Å². The fourth-order valence-electron chi connectivity index (χ4n) is 2.19. The lowest BCUT2D eigenvalue weighted by Gasteiger charge is -2.25. The topological polar surface area (TPSA) is 72.5 Å². The van der Waals surface area contributed by atoms with Crippen LogP contribution in [0, 0.1) is 12.8 Å². The molecule has 1 aromatic carbocycles. The van der Waals surface area contributed by atoms with Crippen LogP contribution in [0.5, 0.6) is 0 Å². The average Bonchev–Trinajstić information content (AvgIpc) is 2.43. The second kappa shape index (κ2) is 8.15. The second-order valence-corrected chi connectivity index (χ2v) is 9.36. The van der Waals surface area contributed by atoms with Gasteiger partial charge in [0.2, 0.25) is 10.0 Å². The number of aryl methyl sites for hydroxylation is 1. The fourth-order valence-corrected chi connectivity index (χ4v) is 3.44. The van der Waals surface area contributed by atoms with E-state index in [1.807, 2.05) is 20.8 Å². The standard InChI is InChI=1S/C19H29NO4S/c1-13(2)12-17(15(4)18(21)24-19(5,6)7)20-25(22,23)16-10-8-14(3)9-11-16/h8-11,13,17,20H,4,12H2,1-3,5-7H3/t17-/m0/s1. The predicted octanol–water partition coefficient (Wildman–Crippen LogP) is 3.59. The van der Waals surface area contributed by atoms with Gasteiger partial charge in [-0.1, -0.05) is 38.1 Å². The van der Waals surface area contributed by atoms with Gasteiger partial charge in [0.05, 0.1) is 10.9 Å². The molecule has 1 atom stereocenters. The van der Waals surface area contributed by atoms with E-state index >= 15 is 0 Å². The van der Waals surface area contributed by atoms with Crippen LogP contribution in [0.3, 0.4) is 0 Å². The molecule has 0 aromatic heterocycles. The Kier molecular flexibility index (Phi) is 6.97. The van der Waals surface area contributed by atoms with E-state index in [0.29, 0.717) is 6.42 Å². The van der Waals surface area contributed by atoms with E-state index < -0.39 is 27.6 Å². The SMILES string of the molecule is C=C(C(=O)OC(C)(C)C)[C@H](CC(C)C)NS(=O)(=O)c1ccc(C)cc1. The van der Waals surface area contributed by atoms with Crippen molar-refractivity contribution in [1.29, 1.82) is 0 Å². The van der Waals surface area contributed by atoms with E-state index in [4.69, 9.17) is 4.74 Å². The maximum Gasteiger partial charge on any atom is 0.335 e. The Morgan fingerprint density at radius 2 is 1.72 bits per heavy atom.